The van der Waals surface area contributed by atoms with E-state index in [2.05, 4.69) is 21.2 Å². The molecule has 0 aliphatic carbocycles. The van der Waals surface area contributed by atoms with Crippen LogP contribution in [-0.4, -0.2) is 11.9 Å². The molecule has 1 unspecified atom stereocenters. The third-order valence-corrected chi connectivity index (χ3v) is 2.92. The Kier molecular flexibility index (Phi) is 4.15. The van der Waals surface area contributed by atoms with Crippen LogP contribution in [0.3, 0.4) is 0 Å². The number of nitrogens with two attached hydrogens (primary N) is 1. The Morgan fingerprint density at radius 3 is 2.80 bits per heavy atom. The molecule has 0 saturated carbocycles. The lowest BCUT2D eigenvalue weighted by molar-refractivity contribution is 0.0939. The van der Waals surface area contributed by atoms with Gasteiger partial charge in [-0.15, -0.1) is 0 Å². The van der Waals surface area contributed by atoms with Crippen molar-refractivity contribution >= 4 is 27.5 Å². The molecule has 3 N–H and O–H groups in total. The number of carbonyl (C=O) groups excluding carboxylic acids is 1. The van der Waals surface area contributed by atoms with Gasteiger partial charge in [-0.1, -0.05) is 13.0 Å². The van der Waals surface area contributed by atoms with Crippen LogP contribution in [0, 0.1) is 0 Å². The molecule has 0 saturated heterocycles. The fourth-order valence-electron chi connectivity index (χ4n) is 1.18. The van der Waals surface area contributed by atoms with E-state index in [9.17, 15) is 4.79 Å². The average Bonchev–Trinajstić information content (AvgIpc) is 2.17. The van der Waals surface area contributed by atoms with Crippen molar-refractivity contribution in [1.82, 2.24) is 5.32 Å². The SMILES string of the molecule is CCC(C)NC(=O)c1c(N)cccc1Br. The number of amides is 1. The summed E-state index contributed by atoms with van der Waals surface area (Å²) in [6.07, 6.45) is 0.899. The Labute approximate surface area is 98.2 Å². The maximum absolute atomic E-state index is 11.8. The summed E-state index contributed by atoms with van der Waals surface area (Å²) < 4.78 is 0.725. The third kappa shape index (κ3) is 2.96. The predicted octanol–water partition coefficient (Wildman–Crippen LogP) is 2.56. The lowest BCUT2D eigenvalue weighted by Crippen LogP contribution is -2.32. The first-order chi connectivity index (χ1) is 7.06. The van der Waals surface area contributed by atoms with E-state index >= 15 is 0 Å². The zero-order valence-corrected chi connectivity index (χ0v) is 10.5. The highest BCUT2D eigenvalue weighted by Gasteiger charge is 2.14. The number of carbonyl (C=O) groups is 1. The van der Waals surface area contributed by atoms with Crippen molar-refractivity contribution in [3.05, 3.63) is 28.2 Å². The second-order valence-electron chi connectivity index (χ2n) is 3.49. The van der Waals surface area contributed by atoms with E-state index in [1.165, 1.54) is 0 Å². The van der Waals surface area contributed by atoms with Gasteiger partial charge >= 0.3 is 0 Å². The van der Waals surface area contributed by atoms with Gasteiger partial charge in [-0.3, -0.25) is 4.79 Å². The largest absolute Gasteiger partial charge is 0.398 e. The summed E-state index contributed by atoms with van der Waals surface area (Å²) in [6.45, 7) is 3.99. The number of anilines is 1. The number of halogens is 1. The fourth-order valence-corrected chi connectivity index (χ4v) is 1.74. The molecule has 0 aromatic heterocycles. The van der Waals surface area contributed by atoms with E-state index in [-0.39, 0.29) is 11.9 Å². The first kappa shape index (κ1) is 12.0. The molecule has 82 valence electrons. The zero-order chi connectivity index (χ0) is 11.4. The van der Waals surface area contributed by atoms with Crippen LogP contribution in [0.5, 0.6) is 0 Å². The lowest BCUT2D eigenvalue weighted by atomic mass is 10.1. The van der Waals surface area contributed by atoms with E-state index in [0.717, 1.165) is 10.9 Å². The standard InChI is InChI=1S/C11H15BrN2O/c1-3-7(2)14-11(15)10-8(12)5-4-6-9(10)13/h4-7H,3,13H2,1-2H3,(H,14,15). The van der Waals surface area contributed by atoms with Gasteiger partial charge in [0.1, 0.15) is 0 Å². The molecule has 1 amide bonds. The van der Waals surface area contributed by atoms with Gasteiger partial charge < -0.3 is 11.1 Å². The van der Waals surface area contributed by atoms with Crippen molar-refractivity contribution in [3.8, 4) is 0 Å². The van der Waals surface area contributed by atoms with Crippen molar-refractivity contribution in [2.75, 3.05) is 5.73 Å². The minimum Gasteiger partial charge on any atom is -0.398 e. The highest BCUT2D eigenvalue weighted by atomic mass is 79.9. The molecule has 0 aliphatic rings. The first-order valence-corrected chi connectivity index (χ1v) is 5.70. The van der Waals surface area contributed by atoms with E-state index < -0.39 is 0 Å². The van der Waals surface area contributed by atoms with Crippen LogP contribution < -0.4 is 11.1 Å². The number of nitrogens with one attached hydrogen (secondary N) is 1. The normalized spacial score (nSPS) is 12.2. The van der Waals surface area contributed by atoms with E-state index in [4.69, 9.17) is 5.73 Å². The summed E-state index contributed by atoms with van der Waals surface area (Å²) in [4.78, 5) is 11.8. The Balaban J connectivity index is 2.91. The first-order valence-electron chi connectivity index (χ1n) is 4.91. The predicted molar refractivity (Wildman–Crippen MR) is 65.8 cm³/mol. The van der Waals surface area contributed by atoms with Gasteiger partial charge in [0.05, 0.1) is 5.56 Å². The van der Waals surface area contributed by atoms with Crippen LogP contribution in [0.2, 0.25) is 0 Å². The second-order valence-corrected chi connectivity index (χ2v) is 4.34. The molecule has 0 fully saturated rings. The maximum atomic E-state index is 11.8. The topological polar surface area (TPSA) is 55.1 Å². The van der Waals surface area contributed by atoms with Gasteiger partial charge in [0.15, 0.2) is 0 Å². The summed E-state index contributed by atoms with van der Waals surface area (Å²) in [5.41, 5.74) is 6.75. The van der Waals surface area contributed by atoms with Gasteiger partial charge in [-0.2, -0.15) is 0 Å². The molecule has 1 aromatic carbocycles. The van der Waals surface area contributed by atoms with Crippen LogP contribution in [0.15, 0.2) is 22.7 Å². The van der Waals surface area contributed by atoms with E-state index in [0.29, 0.717) is 11.3 Å². The van der Waals surface area contributed by atoms with Crippen LogP contribution in [0.25, 0.3) is 0 Å². The summed E-state index contributed by atoms with van der Waals surface area (Å²) in [5.74, 6) is -0.130. The van der Waals surface area contributed by atoms with Crippen molar-refractivity contribution in [2.24, 2.45) is 0 Å². The molecule has 4 heteroatoms. The molecule has 0 radical (unpaired) electrons. The van der Waals surface area contributed by atoms with E-state index in [1.807, 2.05) is 19.9 Å². The highest BCUT2D eigenvalue weighted by Crippen LogP contribution is 2.22. The third-order valence-electron chi connectivity index (χ3n) is 2.26. The van der Waals surface area contributed by atoms with Gasteiger partial charge in [-0.25, -0.2) is 0 Å². The fraction of sp³-hybridized carbons (Fsp3) is 0.364. The minimum absolute atomic E-state index is 0.130. The van der Waals surface area contributed by atoms with Gasteiger partial charge in [0, 0.05) is 16.2 Å². The molecule has 1 rings (SSSR count). The molecular formula is C11H15BrN2O. The number of benzene rings is 1. The molecule has 1 atom stereocenters. The van der Waals surface area contributed by atoms with Crippen LogP contribution in [-0.2, 0) is 0 Å². The van der Waals surface area contributed by atoms with Crippen LogP contribution in [0.1, 0.15) is 30.6 Å². The monoisotopic (exact) mass is 270 g/mol. The number of rotatable bonds is 3. The number of nitrogen functional groups attached to an aromatic ring is 1. The Morgan fingerprint density at radius 1 is 1.60 bits per heavy atom. The smallest absolute Gasteiger partial charge is 0.254 e. The number of hydrogen-bond donors (Lipinski definition) is 2. The molecule has 0 aliphatic heterocycles. The Hall–Kier alpha value is -1.03. The Bertz CT molecular complexity index is 345. The molecule has 0 bridgehead atoms. The van der Waals surface area contributed by atoms with Crippen LogP contribution in [0.4, 0.5) is 5.69 Å². The van der Waals surface area contributed by atoms with Crippen LogP contribution >= 0.6 is 15.9 Å². The molecule has 0 heterocycles. The number of hydrogen-bond acceptors (Lipinski definition) is 2. The molecule has 1 aromatic rings. The molecular weight excluding hydrogens is 256 g/mol. The summed E-state index contributed by atoms with van der Waals surface area (Å²) >= 11 is 3.32. The zero-order valence-electron chi connectivity index (χ0n) is 8.88. The van der Waals surface area contributed by atoms with Crippen molar-refractivity contribution < 1.29 is 4.79 Å². The van der Waals surface area contributed by atoms with Gasteiger partial charge in [0.25, 0.3) is 5.91 Å². The van der Waals surface area contributed by atoms with Gasteiger partial charge in [-0.05, 0) is 41.4 Å². The summed E-state index contributed by atoms with van der Waals surface area (Å²) in [7, 11) is 0. The molecule has 15 heavy (non-hydrogen) atoms. The second kappa shape index (κ2) is 5.16. The highest BCUT2D eigenvalue weighted by molar-refractivity contribution is 9.10. The van der Waals surface area contributed by atoms with Crippen molar-refractivity contribution in [2.45, 2.75) is 26.3 Å². The van der Waals surface area contributed by atoms with Crippen molar-refractivity contribution in [3.63, 3.8) is 0 Å². The molecule has 0 spiro atoms. The quantitative estimate of drug-likeness (QED) is 0.830. The summed E-state index contributed by atoms with van der Waals surface area (Å²) in [6, 6.07) is 5.49. The minimum atomic E-state index is -0.130. The Morgan fingerprint density at radius 2 is 2.27 bits per heavy atom. The van der Waals surface area contributed by atoms with E-state index in [1.54, 1.807) is 12.1 Å². The maximum Gasteiger partial charge on any atom is 0.254 e. The van der Waals surface area contributed by atoms with Gasteiger partial charge in [0.2, 0.25) is 0 Å². The lowest BCUT2D eigenvalue weighted by Gasteiger charge is -2.13. The molecule has 3 nitrogen and oxygen atoms in total. The summed E-state index contributed by atoms with van der Waals surface area (Å²) in [5, 5.41) is 2.88. The van der Waals surface area contributed by atoms with Crippen molar-refractivity contribution in [1.29, 1.82) is 0 Å². The average molecular weight is 271 g/mol.